The zero-order valence-corrected chi connectivity index (χ0v) is 13.1. The van der Waals surface area contributed by atoms with Crippen molar-refractivity contribution in [2.24, 2.45) is 0 Å². The van der Waals surface area contributed by atoms with Crippen molar-refractivity contribution < 1.29 is 9.18 Å². The van der Waals surface area contributed by atoms with Crippen LogP contribution in [0.1, 0.15) is 18.4 Å². The Bertz CT molecular complexity index is 575. The molecule has 3 nitrogen and oxygen atoms in total. The molecule has 0 aliphatic carbocycles. The summed E-state index contributed by atoms with van der Waals surface area (Å²) in [6, 6.07) is 10.3. The number of aryl methyl sites for hydroxylation is 1. The first-order chi connectivity index (χ1) is 10.7. The molecule has 0 fully saturated rings. The number of aromatic nitrogens is 1. The van der Waals surface area contributed by atoms with Crippen LogP contribution in [0.2, 0.25) is 0 Å². The topological polar surface area (TPSA) is 42.0 Å². The van der Waals surface area contributed by atoms with E-state index in [1.807, 2.05) is 12.1 Å². The summed E-state index contributed by atoms with van der Waals surface area (Å²) in [6.45, 7) is 0.667. The summed E-state index contributed by atoms with van der Waals surface area (Å²) in [4.78, 5) is 16.8. The first-order valence-electron chi connectivity index (χ1n) is 7.28. The van der Waals surface area contributed by atoms with Crippen LogP contribution >= 0.6 is 11.8 Å². The van der Waals surface area contributed by atoms with Gasteiger partial charge in [0.15, 0.2) is 0 Å². The number of carbonyl (C=O) groups is 1. The Morgan fingerprint density at radius 2 is 2.05 bits per heavy atom. The van der Waals surface area contributed by atoms with E-state index in [1.165, 1.54) is 12.1 Å². The van der Waals surface area contributed by atoms with Crippen LogP contribution in [0.3, 0.4) is 0 Å². The third-order valence-corrected chi connectivity index (χ3v) is 4.19. The molecule has 0 aliphatic heterocycles. The van der Waals surface area contributed by atoms with Crippen LogP contribution in [0.5, 0.6) is 0 Å². The normalized spacial score (nSPS) is 10.4. The molecular formula is C17H19FN2OS. The summed E-state index contributed by atoms with van der Waals surface area (Å²) in [5.74, 6) is 0.745. The zero-order valence-electron chi connectivity index (χ0n) is 12.3. The summed E-state index contributed by atoms with van der Waals surface area (Å²) in [5.41, 5.74) is 1.07. The fourth-order valence-electron chi connectivity index (χ4n) is 1.91. The molecule has 0 radical (unpaired) electrons. The van der Waals surface area contributed by atoms with Crippen LogP contribution in [-0.2, 0) is 11.2 Å². The van der Waals surface area contributed by atoms with Crippen LogP contribution in [0.15, 0.2) is 53.7 Å². The first kappa shape index (κ1) is 16.5. The van der Waals surface area contributed by atoms with Gasteiger partial charge >= 0.3 is 0 Å². The smallest absolute Gasteiger partial charge is 0.220 e. The van der Waals surface area contributed by atoms with Crippen LogP contribution in [-0.4, -0.2) is 23.2 Å². The molecule has 1 aromatic heterocycles. The molecule has 0 unspecified atom stereocenters. The molecule has 5 heteroatoms. The highest BCUT2D eigenvalue weighted by molar-refractivity contribution is 7.99. The van der Waals surface area contributed by atoms with Crippen LogP contribution in [0.25, 0.3) is 0 Å². The average Bonchev–Trinajstić information content (AvgIpc) is 2.55. The van der Waals surface area contributed by atoms with Crippen molar-refractivity contribution in [2.75, 3.05) is 12.3 Å². The summed E-state index contributed by atoms with van der Waals surface area (Å²) in [6.07, 6.45) is 5.59. The fourth-order valence-corrected chi connectivity index (χ4v) is 2.77. The number of hydrogen-bond acceptors (Lipinski definition) is 3. The fraction of sp³-hybridized carbons (Fsp3) is 0.294. The van der Waals surface area contributed by atoms with Gasteiger partial charge in [0.25, 0.3) is 0 Å². The summed E-state index contributed by atoms with van der Waals surface area (Å²) >= 11 is 1.66. The van der Waals surface area contributed by atoms with Gasteiger partial charge in [0.1, 0.15) is 5.82 Å². The second kappa shape index (κ2) is 9.20. The van der Waals surface area contributed by atoms with E-state index in [0.717, 1.165) is 22.6 Å². The van der Waals surface area contributed by atoms with Gasteiger partial charge in [-0.05, 0) is 54.5 Å². The Kier molecular flexibility index (Phi) is 6.90. The highest BCUT2D eigenvalue weighted by atomic mass is 32.2. The quantitative estimate of drug-likeness (QED) is 0.599. The number of hydrogen-bond donors (Lipinski definition) is 1. The maximum atomic E-state index is 12.8. The average molecular weight is 318 g/mol. The number of pyridine rings is 1. The van der Waals surface area contributed by atoms with E-state index < -0.39 is 0 Å². The molecule has 0 saturated heterocycles. The zero-order chi connectivity index (χ0) is 15.6. The lowest BCUT2D eigenvalue weighted by Crippen LogP contribution is -2.24. The molecule has 2 aromatic rings. The standard InChI is InChI=1S/C17H19FN2OS/c18-15-5-7-16(8-6-15)22-12-2-11-20-17(21)9-4-14-3-1-10-19-13-14/h1,3,5-8,10,13H,2,4,9,11-12H2,(H,20,21). The predicted octanol–water partition coefficient (Wildman–Crippen LogP) is 3.45. The van der Waals surface area contributed by atoms with Gasteiger partial charge in [-0.3, -0.25) is 9.78 Å². The second-order valence-corrected chi connectivity index (χ2v) is 6.04. The lowest BCUT2D eigenvalue weighted by atomic mass is 10.1. The van der Waals surface area contributed by atoms with Crippen molar-refractivity contribution in [1.82, 2.24) is 10.3 Å². The molecule has 1 heterocycles. The lowest BCUT2D eigenvalue weighted by Gasteiger charge is -2.05. The molecule has 0 aliphatic rings. The molecule has 1 amide bonds. The minimum Gasteiger partial charge on any atom is -0.356 e. The monoisotopic (exact) mass is 318 g/mol. The molecule has 116 valence electrons. The van der Waals surface area contributed by atoms with Crippen molar-refractivity contribution in [3.63, 3.8) is 0 Å². The minimum absolute atomic E-state index is 0.0654. The number of halogens is 1. The van der Waals surface area contributed by atoms with E-state index in [2.05, 4.69) is 10.3 Å². The van der Waals surface area contributed by atoms with Gasteiger partial charge in [-0.25, -0.2) is 4.39 Å². The Hall–Kier alpha value is -1.88. The lowest BCUT2D eigenvalue weighted by molar-refractivity contribution is -0.121. The number of benzene rings is 1. The molecule has 22 heavy (non-hydrogen) atoms. The predicted molar refractivity (Wildman–Crippen MR) is 87.3 cm³/mol. The third-order valence-electron chi connectivity index (χ3n) is 3.09. The highest BCUT2D eigenvalue weighted by Crippen LogP contribution is 2.18. The van der Waals surface area contributed by atoms with E-state index >= 15 is 0 Å². The van der Waals surface area contributed by atoms with E-state index in [0.29, 0.717) is 19.4 Å². The molecule has 0 atom stereocenters. The Balaban J connectivity index is 1.54. The minimum atomic E-state index is -0.217. The Labute approximate surface area is 134 Å². The van der Waals surface area contributed by atoms with Crippen molar-refractivity contribution in [1.29, 1.82) is 0 Å². The molecular weight excluding hydrogens is 299 g/mol. The SMILES string of the molecule is O=C(CCc1cccnc1)NCCCSc1ccc(F)cc1. The molecule has 0 spiro atoms. The second-order valence-electron chi connectivity index (χ2n) is 4.87. The van der Waals surface area contributed by atoms with Crippen molar-refractivity contribution >= 4 is 17.7 Å². The number of carbonyl (C=O) groups excluding carboxylic acids is 1. The third kappa shape index (κ3) is 6.26. The maximum absolute atomic E-state index is 12.8. The molecule has 1 N–H and O–H groups in total. The van der Waals surface area contributed by atoms with Crippen molar-refractivity contribution in [3.05, 3.63) is 60.2 Å². The number of rotatable bonds is 8. The van der Waals surface area contributed by atoms with Gasteiger partial charge in [-0.2, -0.15) is 0 Å². The van der Waals surface area contributed by atoms with Crippen molar-refractivity contribution in [3.8, 4) is 0 Å². The van der Waals surface area contributed by atoms with Gasteiger partial charge in [0, 0.05) is 30.3 Å². The summed E-state index contributed by atoms with van der Waals surface area (Å²) < 4.78 is 12.8. The van der Waals surface area contributed by atoms with Gasteiger partial charge in [0.05, 0.1) is 0 Å². The number of nitrogens with one attached hydrogen (secondary N) is 1. The largest absolute Gasteiger partial charge is 0.356 e. The number of nitrogens with zero attached hydrogens (tertiary/aromatic N) is 1. The van der Waals surface area contributed by atoms with Gasteiger partial charge in [-0.1, -0.05) is 6.07 Å². The summed E-state index contributed by atoms with van der Waals surface area (Å²) in [5, 5.41) is 2.92. The van der Waals surface area contributed by atoms with Gasteiger partial charge in [-0.15, -0.1) is 11.8 Å². The Morgan fingerprint density at radius 1 is 1.23 bits per heavy atom. The van der Waals surface area contributed by atoms with Crippen LogP contribution in [0, 0.1) is 5.82 Å². The summed E-state index contributed by atoms with van der Waals surface area (Å²) in [7, 11) is 0. The van der Waals surface area contributed by atoms with E-state index in [4.69, 9.17) is 0 Å². The Morgan fingerprint density at radius 3 is 2.77 bits per heavy atom. The van der Waals surface area contributed by atoms with Crippen molar-refractivity contribution in [2.45, 2.75) is 24.2 Å². The van der Waals surface area contributed by atoms with E-state index in [1.54, 1.807) is 36.3 Å². The van der Waals surface area contributed by atoms with Crippen LogP contribution < -0.4 is 5.32 Å². The number of thioether (sulfide) groups is 1. The first-order valence-corrected chi connectivity index (χ1v) is 8.26. The highest BCUT2D eigenvalue weighted by Gasteiger charge is 2.02. The van der Waals surface area contributed by atoms with Gasteiger partial charge < -0.3 is 5.32 Å². The van der Waals surface area contributed by atoms with Gasteiger partial charge in [0.2, 0.25) is 5.91 Å². The number of amides is 1. The van der Waals surface area contributed by atoms with E-state index in [9.17, 15) is 9.18 Å². The maximum Gasteiger partial charge on any atom is 0.220 e. The molecule has 0 saturated carbocycles. The molecule has 2 rings (SSSR count). The van der Waals surface area contributed by atoms with E-state index in [-0.39, 0.29) is 11.7 Å². The van der Waals surface area contributed by atoms with Crippen LogP contribution in [0.4, 0.5) is 4.39 Å². The molecule has 0 bridgehead atoms. The molecule has 1 aromatic carbocycles.